The van der Waals surface area contributed by atoms with Gasteiger partial charge in [-0.05, 0) is 52.6 Å². The molecule has 0 saturated carbocycles. The molecule has 0 aromatic heterocycles. The van der Waals surface area contributed by atoms with E-state index in [1.165, 1.54) is 66.7 Å². The summed E-state index contributed by atoms with van der Waals surface area (Å²) < 4.78 is 49.3. The number of aliphatic carboxylic acids is 2. The molecule has 0 amide bonds. The van der Waals surface area contributed by atoms with Crippen molar-refractivity contribution in [1.82, 2.24) is 0 Å². The molecule has 0 unspecified atom stereocenters. The van der Waals surface area contributed by atoms with Crippen LogP contribution in [0.1, 0.15) is 27.0 Å². The van der Waals surface area contributed by atoms with Crippen LogP contribution in [0.15, 0.2) is 103 Å². The second kappa shape index (κ2) is 12.6. The molecule has 0 radical (unpaired) electrons. The highest BCUT2D eigenvalue weighted by Gasteiger charge is 2.50. The number of carbonyl (C=O) groups excluding carboxylic acids is 2. The average Bonchev–Trinajstić information content (AvgIpc) is 2.98. The van der Waals surface area contributed by atoms with Crippen molar-refractivity contribution in [3.63, 3.8) is 0 Å². The van der Waals surface area contributed by atoms with Crippen LogP contribution in [0.4, 0.5) is 13.2 Å². The van der Waals surface area contributed by atoms with Gasteiger partial charge in [0.15, 0.2) is 0 Å². The number of carboxylic acid groups (broad SMARTS) is 2. The second-order valence-electron chi connectivity index (χ2n) is 9.37. The van der Waals surface area contributed by atoms with Crippen molar-refractivity contribution in [3.05, 3.63) is 125 Å². The standard InChI is InChI=1S/C32H23F3O8/c33-32(34,35)23-14-12-21(13-15-23)25-8-4-5-9-26(25)28(37)43-24-16-10-20(11-17-24)18-27(36)42-19-31(29(38)39,30(40)41)22-6-2-1-3-7-22/h1-17H,18-19H2,(H,38,39)(H,40,41). The summed E-state index contributed by atoms with van der Waals surface area (Å²) in [5.41, 5.74) is -2.09. The lowest BCUT2D eigenvalue weighted by Crippen LogP contribution is -2.48. The van der Waals surface area contributed by atoms with Gasteiger partial charge in [0, 0.05) is 0 Å². The summed E-state index contributed by atoms with van der Waals surface area (Å²) in [6.45, 7) is -0.936. The van der Waals surface area contributed by atoms with E-state index in [1.54, 1.807) is 24.3 Å². The number of carboxylic acids is 2. The van der Waals surface area contributed by atoms with Crippen LogP contribution in [-0.2, 0) is 37.1 Å². The third-order valence-corrected chi connectivity index (χ3v) is 6.60. The molecule has 0 fully saturated rings. The maximum Gasteiger partial charge on any atom is 0.416 e. The normalized spacial score (nSPS) is 11.4. The van der Waals surface area contributed by atoms with Gasteiger partial charge in [0.05, 0.1) is 17.5 Å². The number of hydrogen-bond donors (Lipinski definition) is 2. The van der Waals surface area contributed by atoms with E-state index in [-0.39, 0.29) is 23.3 Å². The maximum atomic E-state index is 12.9. The Morgan fingerprint density at radius 1 is 0.674 bits per heavy atom. The molecule has 0 saturated heterocycles. The smallest absolute Gasteiger partial charge is 0.416 e. The molecular formula is C32H23F3O8. The molecule has 220 valence electrons. The van der Waals surface area contributed by atoms with E-state index < -0.39 is 47.6 Å². The van der Waals surface area contributed by atoms with Gasteiger partial charge in [-0.25, -0.2) is 4.79 Å². The van der Waals surface area contributed by atoms with E-state index in [9.17, 15) is 42.6 Å². The van der Waals surface area contributed by atoms with Crippen molar-refractivity contribution in [2.24, 2.45) is 0 Å². The molecule has 0 aliphatic rings. The lowest BCUT2D eigenvalue weighted by Gasteiger charge is -2.24. The molecule has 2 N–H and O–H groups in total. The summed E-state index contributed by atoms with van der Waals surface area (Å²) in [7, 11) is 0. The minimum atomic E-state index is -4.50. The first-order chi connectivity index (χ1) is 20.4. The van der Waals surface area contributed by atoms with Crippen LogP contribution in [0.5, 0.6) is 5.75 Å². The van der Waals surface area contributed by atoms with E-state index in [1.807, 2.05) is 0 Å². The predicted molar refractivity (Wildman–Crippen MR) is 146 cm³/mol. The van der Waals surface area contributed by atoms with Crippen molar-refractivity contribution in [2.45, 2.75) is 18.0 Å². The number of carbonyl (C=O) groups is 4. The van der Waals surface area contributed by atoms with Crippen LogP contribution in [0.2, 0.25) is 0 Å². The molecule has 4 aromatic carbocycles. The van der Waals surface area contributed by atoms with Crippen LogP contribution >= 0.6 is 0 Å². The fraction of sp³-hybridized carbons (Fsp3) is 0.125. The number of benzene rings is 4. The van der Waals surface area contributed by atoms with Crippen LogP contribution in [0.3, 0.4) is 0 Å². The Balaban J connectivity index is 1.42. The van der Waals surface area contributed by atoms with Gasteiger partial charge in [-0.3, -0.25) is 14.4 Å². The van der Waals surface area contributed by atoms with Gasteiger partial charge in [0.25, 0.3) is 0 Å². The minimum Gasteiger partial charge on any atom is -0.480 e. The topological polar surface area (TPSA) is 127 Å². The monoisotopic (exact) mass is 592 g/mol. The summed E-state index contributed by atoms with van der Waals surface area (Å²) >= 11 is 0. The average molecular weight is 593 g/mol. The first-order valence-corrected chi connectivity index (χ1v) is 12.7. The van der Waals surface area contributed by atoms with Gasteiger partial charge < -0.3 is 19.7 Å². The van der Waals surface area contributed by atoms with E-state index >= 15 is 0 Å². The largest absolute Gasteiger partial charge is 0.480 e. The van der Waals surface area contributed by atoms with Crippen molar-refractivity contribution in [1.29, 1.82) is 0 Å². The summed E-state index contributed by atoms with van der Waals surface area (Å²) in [5, 5.41) is 19.4. The van der Waals surface area contributed by atoms with E-state index in [0.717, 1.165) is 12.1 Å². The third-order valence-electron chi connectivity index (χ3n) is 6.60. The molecule has 43 heavy (non-hydrogen) atoms. The first-order valence-electron chi connectivity index (χ1n) is 12.7. The lowest BCUT2D eigenvalue weighted by molar-refractivity contribution is -0.164. The van der Waals surface area contributed by atoms with E-state index in [0.29, 0.717) is 16.7 Å². The minimum absolute atomic E-state index is 0.0612. The molecule has 0 atom stereocenters. The van der Waals surface area contributed by atoms with Gasteiger partial charge in [-0.15, -0.1) is 0 Å². The van der Waals surface area contributed by atoms with E-state index in [4.69, 9.17) is 9.47 Å². The molecule has 0 spiro atoms. The molecule has 0 aliphatic heterocycles. The van der Waals surface area contributed by atoms with Gasteiger partial charge in [0.1, 0.15) is 12.4 Å². The molecule has 0 aliphatic carbocycles. The Bertz CT molecular complexity index is 1620. The summed E-state index contributed by atoms with van der Waals surface area (Å²) in [6.07, 6.45) is -4.82. The van der Waals surface area contributed by atoms with Gasteiger partial charge in [0.2, 0.25) is 5.41 Å². The van der Waals surface area contributed by atoms with Gasteiger partial charge >= 0.3 is 30.1 Å². The molecular weight excluding hydrogens is 569 g/mol. The summed E-state index contributed by atoms with van der Waals surface area (Å²) in [6, 6.07) is 23.5. The van der Waals surface area contributed by atoms with Gasteiger partial charge in [-0.2, -0.15) is 13.2 Å². The van der Waals surface area contributed by atoms with E-state index in [2.05, 4.69) is 0 Å². The van der Waals surface area contributed by atoms with Crippen molar-refractivity contribution in [2.75, 3.05) is 6.61 Å². The highest BCUT2D eigenvalue weighted by Crippen LogP contribution is 2.32. The molecule has 8 nitrogen and oxygen atoms in total. The Morgan fingerprint density at radius 2 is 1.26 bits per heavy atom. The Morgan fingerprint density at radius 3 is 1.84 bits per heavy atom. The number of hydrogen-bond acceptors (Lipinski definition) is 6. The Hall–Kier alpha value is -5.45. The highest BCUT2D eigenvalue weighted by atomic mass is 19.4. The fourth-order valence-electron chi connectivity index (χ4n) is 4.26. The van der Waals surface area contributed by atoms with Gasteiger partial charge in [-0.1, -0.05) is 72.8 Å². The SMILES string of the molecule is O=C(Cc1ccc(OC(=O)c2ccccc2-c2ccc(C(F)(F)F)cc2)cc1)OCC(C(=O)O)(C(=O)O)c1ccccc1. The Labute approximate surface area is 242 Å². The quantitative estimate of drug-likeness (QED) is 0.135. The van der Waals surface area contributed by atoms with Crippen LogP contribution < -0.4 is 4.74 Å². The maximum absolute atomic E-state index is 12.9. The zero-order chi connectivity index (χ0) is 31.2. The number of esters is 2. The predicted octanol–water partition coefficient (Wildman–Crippen LogP) is 5.78. The zero-order valence-electron chi connectivity index (χ0n) is 22.2. The van der Waals surface area contributed by atoms with Crippen LogP contribution in [-0.4, -0.2) is 40.7 Å². The van der Waals surface area contributed by atoms with Crippen molar-refractivity contribution < 1.29 is 52.0 Å². The molecule has 4 aromatic rings. The fourth-order valence-corrected chi connectivity index (χ4v) is 4.26. The van der Waals surface area contributed by atoms with Crippen molar-refractivity contribution >= 4 is 23.9 Å². The second-order valence-corrected chi connectivity index (χ2v) is 9.37. The third kappa shape index (κ3) is 6.89. The van der Waals surface area contributed by atoms with Crippen molar-refractivity contribution in [3.8, 4) is 16.9 Å². The first kappa shape index (κ1) is 30.5. The number of ether oxygens (including phenoxy) is 2. The summed E-state index contributed by atoms with van der Waals surface area (Å²) in [5.74, 6) is -4.90. The zero-order valence-corrected chi connectivity index (χ0v) is 22.2. The Kier molecular flexibility index (Phi) is 8.94. The molecule has 0 heterocycles. The number of alkyl halides is 3. The van der Waals surface area contributed by atoms with Crippen LogP contribution in [0.25, 0.3) is 11.1 Å². The number of rotatable bonds is 10. The molecule has 11 heteroatoms. The lowest BCUT2D eigenvalue weighted by atomic mass is 9.81. The number of halogens is 3. The summed E-state index contributed by atoms with van der Waals surface area (Å²) in [4.78, 5) is 49.3. The molecule has 4 rings (SSSR count). The van der Waals surface area contributed by atoms with Crippen LogP contribution in [0, 0.1) is 0 Å². The molecule has 0 bridgehead atoms. The highest BCUT2D eigenvalue weighted by molar-refractivity contribution is 6.05.